The lowest BCUT2D eigenvalue weighted by molar-refractivity contribution is -0.131. The van der Waals surface area contributed by atoms with Crippen molar-refractivity contribution >= 4 is 40.4 Å². The molecule has 5 rings (SSSR count). The summed E-state index contributed by atoms with van der Waals surface area (Å²) in [4.78, 5) is 34.5. The third kappa shape index (κ3) is 4.42. The lowest BCUT2D eigenvalue weighted by Gasteiger charge is -2.31. The van der Waals surface area contributed by atoms with Crippen LogP contribution in [0.25, 0.3) is 0 Å². The molecule has 0 N–H and O–H groups in total. The smallest absolute Gasteiger partial charge is 0.278 e. The minimum Gasteiger partial charge on any atom is -0.342 e. The van der Waals surface area contributed by atoms with Crippen LogP contribution in [0.3, 0.4) is 0 Å². The summed E-state index contributed by atoms with van der Waals surface area (Å²) < 4.78 is 0. The van der Waals surface area contributed by atoms with Gasteiger partial charge < -0.3 is 9.80 Å². The van der Waals surface area contributed by atoms with Crippen LogP contribution in [-0.4, -0.2) is 40.8 Å². The first-order valence-corrected chi connectivity index (χ1v) is 12.6. The van der Waals surface area contributed by atoms with Crippen molar-refractivity contribution in [3.8, 4) is 0 Å². The molecule has 0 bridgehead atoms. The SMILES string of the molecule is CC1Cc2ccccc2N1C(=O)c1csc(C2CCN(C(=O)Cc3ccccc3Cl)CC2)n1. The van der Waals surface area contributed by atoms with Gasteiger partial charge >= 0.3 is 0 Å². The average molecular weight is 480 g/mol. The molecule has 1 saturated heterocycles. The van der Waals surface area contributed by atoms with Crippen molar-refractivity contribution in [1.82, 2.24) is 9.88 Å². The maximum absolute atomic E-state index is 13.3. The van der Waals surface area contributed by atoms with Gasteiger partial charge in [0, 0.05) is 41.1 Å². The van der Waals surface area contributed by atoms with Crippen LogP contribution in [0.15, 0.2) is 53.9 Å². The fraction of sp³-hybridized carbons (Fsp3) is 0.346. The lowest BCUT2D eigenvalue weighted by Crippen LogP contribution is -2.39. The summed E-state index contributed by atoms with van der Waals surface area (Å²) >= 11 is 7.77. The van der Waals surface area contributed by atoms with Crippen molar-refractivity contribution in [3.63, 3.8) is 0 Å². The number of benzene rings is 2. The number of nitrogens with zero attached hydrogens (tertiary/aromatic N) is 3. The summed E-state index contributed by atoms with van der Waals surface area (Å²) in [7, 11) is 0. The van der Waals surface area contributed by atoms with E-state index >= 15 is 0 Å². The van der Waals surface area contributed by atoms with E-state index in [9.17, 15) is 9.59 Å². The maximum atomic E-state index is 13.3. The van der Waals surface area contributed by atoms with Crippen molar-refractivity contribution in [2.24, 2.45) is 0 Å². The van der Waals surface area contributed by atoms with Gasteiger partial charge in [-0.1, -0.05) is 48.0 Å². The molecule has 3 heterocycles. The second-order valence-electron chi connectivity index (χ2n) is 8.85. The predicted octanol–water partition coefficient (Wildman–Crippen LogP) is 5.34. The molecule has 3 aromatic rings. The van der Waals surface area contributed by atoms with Gasteiger partial charge in [0.25, 0.3) is 5.91 Å². The van der Waals surface area contributed by atoms with Crippen LogP contribution in [0.5, 0.6) is 0 Å². The van der Waals surface area contributed by atoms with Gasteiger partial charge in [0.05, 0.1) is 11.4 Å². The van der Waals surface area contributed by atoms with Crippen LogP contribution in [0.4, 0.5) is 5.69 Å². The third-order valence-electron chi connectivity index (χ3n) is 6.66. The molecule has 0 spiro atoms. The largest absolute Gasteiger partial charge is 0.342 e. The third-order valence-corrected chi connectivity index (χ3v) is 8.04. The van der Waals surface area contributed by atoms with E-state index in [1.807, 2.05) is 57.6 Å². The zero-order chi connectivity index (χ0) is 22.9. The molecule has 2 amide bonds. The fourth-order valence-electron chi connectivity index (χ4n) is 4.86. The van der Waals surface area contributed by atoms with Crippen molar-refractivity contribution < 1.29 is 9.59 Å². The van der Waals surface area contributed by atoms with Crippen LogP contribution < -0.4 is 4.90 Å². The van der Waals surface area contributed by atoms with Gasteiger partial charge in [0.1, 0.15) is 5.69 Å². The summed E-state index contributed by atoms with van der Waals surface area (Å²) in [5.41, 5.74) is 3.60. The number of halogens is 1. The number of rotatable bonds is 4. The van der Waals surface area contributed by atoms with Crippen LogP contribution in [0.1, 0.15) is 52.3 Å². The minimum absolute atomic E-state index is 0.0256. The van der Waals surface area contributed by atoms with Crippen molar-refractivity contribution in [2.75, 3.05) is 18.0 Å². The van der Waals surface area contributed by atoms with Gasteiger partial charge in [-0.05, 0) is 49.4 Å². The van der Waals surface area contributed by atoms with Gasteiger partial charge in [-0.25, -0.2) is 4.98 Å². The number of hydrogen-bond acceptors (Lipinski definition) is 4. The number of amides is 2. The first kappa shape index (κ1) is 22.1. The maximum Gasteiger partial charge on any atom is 0.278 e. The highest BCUT2D eigenvalue weighted by Gasteiger charge is 2.33. The van der Waals surface area contributed by atoms with Gasteiger partial charge in [0.15, 0.2) is 0 Å². The van der Waals surface area contributed by atoms with Gasteiger partial charge in [0.2, 0.25) is 5.91 Å². The Hall–Kier alpha value is -2.70. The molecular weight excluding hydrogens is 454 g/mol. The second-order valence-corrected chi connectivity index (χ2v) is 10.1. The first-order chi connectivity index (χ1) is 16.0. The van der Waals surface area contributed by atoms with E-state index in [4.69, 9.17) is 16.6 Å². The summed E-state index contributed by atoms with van der Waals surface area (Å²) in [5.74, 6) is 0.366. The Morgan fingerprint density at radius 3 is 2.61 bits per heavy atom. The monoisotopic (exact) mass is 479 g/mol. The molecule has 7 heteroatoms. The van der Waals surface area contributed by atoms with Crippen molar-refractivity contribution in [1.29, 1.82) is 0 Å². The second kappa shape index (κ2) is 9.27. The standard InChI is InChI=1S/C26H26ClN3O2S/c1-17-14-20-7-3-5-9-23(20)30(17)26(32)22-16-33-25(28-22)18-10-12-29(13-11-18)24(31)15-19-6-2-4-8-21(19)27/h2-9,16-18H,10-15H2,1H3. The highest BCUT2D eigenvalue weighted by atomic mass is 35.5. The summed E-state index contributed by atoms with van der Waals surface area (Å²) in [6.07, 6.45) is 2.92. The van der Waals surface area contributed by atoms with Gasteiger partial charge in [-0.15, -0.1) is 11.3 Å². The molecule has 1 fully saturated rings. The number of para-hydroxylation sites is 1. The molecule has 2 aliphatic heterocycles. The van der Waals surface area contributed by atoms with E-state index in [2.05, 4.69) is 13.0 Å². The molecule has 0 radical (unpaired) electrons. The van der Waals surface area contributed by atoms with E-state index in [1.54, 1.807) is 11.3 Å². The zero-order valence-corrected chi connectivity index (χ0v) is 20.1. The van der Waals surface area contributed by atoms with Crippen LogP contribution in [0.2, 0.25) is 5.02 Å². The van der Waals surface area contributed by atoms with E-state index < -0.39 is 0 Å². The summed E-state index contributed by atoms with van der Waals surface area (Å²) in [6, 6.07) is 15.7. The molecular formula is C26H26ClN3O2S. The topological polar surface area (TPSA) is 53.5 Å². The zero-order valence-electron chi connectivity index (χ0n) is 18.5. The lowest BCUT2D eigenvalue weighted by atomic mass is 9.97. The number of likely N-dealkylation sites (tertiary alicyclic amines) is 1. The average Bonchev–Trinajstić information content (AvgIpc) is 3.44. The molecule has 1 aromatic heterocycles. The summed E-state index contributed by atoms with van der Waals surface area (Å²) in [5, 5.41) is 3.52. The number of carbonyl (C=O) groups excluding carboxylic acids is 2. The molecule has 2 aliphatic rings. The van der Waals surface area contributed by atoms with Crippen molar-refractivity contribution in [2.45, 2.75) is 44.6 Å². The number of piperidine rings is 1. The van der Waals surface area contributed by atoms with Crippen molar-refractivity contribution in [3.05, 3.63) is 80.8 Å². The Morgan fingerprint density at radius 2 is 1.82 bits per heavy atom. The predicted molar refractivity (Wildman–Crippen MR) is 132 cm³/mol. The van der Waals surface area contributed by atoms with Crippen LogP contribution in [0, 0.1) is 0 Å². The Morgan fingerprint density at radius 1 is 1.09 bits per heavy atom. The molecule has 1 atom stereocenters. The van der Waals surface area contributed by atoms with Gasteiger partial charge in [-0.3, -0.25) is 9.59 Å². The highest BCUT2D eigenvalue weighted by Crippen LogP contribution is 2.35. The van der Waals surface area contributed by atoms with Crippen LogP contribution >= 0.6 is 22.9 Å². The fourth-order valence-corrected chi connectivity index (χ4v) is 6.03. The van der Waals surface area contributed by atoms with E-state index in [-0.39, 0.29) is 23.8 Å². The van der Waals surface area contributed by atoms with E-state index in [0.29, 0.717) is 30.2 Å². The molecule has 0 aliphatic carbocycles. The minimum atomic E-state index is -0.0256. The number of thiazole rings is 1. The Kier molecular flexibility index (Phi) is 6.21. The molecule has 5 nitrogen and oxygen atoms in total. The Bertz CT molecular complexity index is 1190. The van der Waals surface area contributed by atoms with E-state index in [1.165, 1.54) is 5.56 Å². The molecule has 170 valence electrons. The Balaban J connectivity index is 1.21. The number of fused-ring (bicyclic) bond motifs is 1. The first-order valence-electron chi connectivity index (χ1n) is 11.4. The van der Waals surface area contributed by atoms with Crippen LogP contribution in [-0.2, 0) is 17.6 Å². The molecule has 33 heavy (non-hydrogen) atoms. The number of anilines is 1. The molecule has 1 unspecified atom stereocenters. The molecule has 0 saturated carbocycles. The van der Waals surface area contributed by atoms with E-state index in [0.717, 1.165) is 35.5 Å². The quantitative estimate of drug-likeness (QED) is 0.507. The number of hydrogen-bond donors (Lipinski definition) is 0. The normalized spacial score (nSPS) is 18.4. The number of aromatic nitrogens is 1. The summed E-state index contributed by atoms with van der Waals surface area (Å²) in [6.45, 7) is 3.49. The Labute approximate surface area is 203 Å². The van der Waals surface area contributed by atoms with Gasteiger partial charge in [-0.2, -0.15) is 0 Å². The number of carbonyl (C=O) groups is 2. The molecule has 2 aromatic carbocycles. The highest BCUT2D eigenvalue weighted by molar-refractivity contribution is 7.10.